The zero-order valence-electron chi connectivity index (χ0n) is 15.6. The van der Waals surface area contributed by atoms with Crippen molar-refractivity contribution in [3.8, 4) is 11.3 Å². The molecule has 0 fully saturated rings. The van der Waals surface area contributed by atoms with Crippen molar-refractivity contribution >= 4 is 21.5 Å². The average molecular weight is 337 g/mol. The highest BCUT2D eigenvalue weighted by Gasteiger charge is 2.35. The Kier molecular flexibility index (Phi) is 3.24. The molecule has 4 aromatic rings. The summed E-state index contributed by atoms with van der Waals surface area (Å²) in [6, 6.07) is 20.2. The molecule has 1 nitrogen and oxygen atoms in total. The molecule has 0 unspecified atom stereocenters. The normalized spacial score (nSPS) is 14.6. The van der Waals surface area contributed by atoms with Crippen LogP contribution in [0.2, 0.25) is 0 Å². The van der Waals surface area contributed by atoms with Gasteiger partial charge in [-0.25, -0.2) is 0 Å². The maximum absolute atomic E-state index is 4.83. The summed E-state index contributed by atoms with van der Waals surface area (Å²) in [5, 5.41) is 5.31. The van der Waals surface area contributed by atoms with Gasteiger partial charge in [-0.2, -0.15) is 0 Å². The van der Waals surface area contributed by atoms with Gasteiger partial charge in [0.1, 0.15) is 0 Å². The molecule has 3 aromatic carbocycles. The minimum atomic E-state index is -0.0474. The van der Waals surface area contributed by atoms with E-state index in [1.54, 1.807) is 0 Å². The van der Waals surface area contributed by atoms with E-state index in [0.29, 0.717) is 0 Å². The molecule has 0 atom stereocenters. The van der Waals surface area contributed by atoms with Crippen molar-refractivity contribution in [3.05, 3.63) is 77.5 Å². The van der Waals surface area contributed by atoms with Gasteiger partial charge < -0.3 is 0 Å². The maximum atomic E-state index is 4.83. The molecule has 0 amide bonds. The van der Waals surface area contributed by atoms with Crippen molar-refractivity contribution in [2.24, 2.45) is 0 Å². The Bertz CT molecular complexity index is 1170. The highest BCUT2D eigenvalue weighted by molar-refractivity contribution is 6.05. The predicted octanol–water partition coefficient (Wildman–Crippen LogP) is 6.65. The fourth-order valence-electron chi connectivity index (χ4n) is 4.79. The number of nitrogens with zero attached hydrogens (tertiary/aromatic N) is 1. The van der Waals surface area contributed by atoms with Crippen molar-refractivity contribution < 1.29 is 0 Å². The molecule has 5 rings (SSSR count). The maximum Gasteiger partial charge on any atom is 0.0786 e. The molecule has 0 saturated heterocycles. The smallest absolute Gasteiger partial charge is 0.0786 e. The first-order chi connectivity index (χ1) is 12.6. The van der Waals surface area contributed by atoms with Crippen molar-refractivity contribution in [1.82, 2.24) is 4.98 Å². The van der Waals surface area contributed by atoms with Gasteiger partial charge in [-0.15, -0.1) is 0 Å². The van der Waals surface area contributed by atoms with E-state index >= 15 is 0 Å². The fraction of sp³-hybridized carbons (Fsp3) is 0.240. The van der Waals surface area contributed by atoms with Crippen LogP contribution in [-0.2, 0) is 11.8 Å². The van der Waals surface area contributed by atoms with Gasteiger partial charge in [-0.3, -0.25) is 4.98 Å². The van der Waals surface area contributed by atoms with Crippen molar-refractivity contribution in [3.63, 3.8) is 0 Å². The van der Waals surface area contributed by atoms with Crippen LogP contribution in [0.25, 0.3) is 32.8 Å². The van der Waals surface area contributed by atoms with Gasteiger partial charge >= 0.3 is 0 Å². The number of aromatic nitrogens is 1. The SMILES string of the molecule is CCCc1cc2c3c(nccc3c1)-c1ccc3ccccc3c1C2(C)C. The van der Waals surface area contributed by atoms with Crippen LogP contribution in [0.15, 0.2) is 60.8 Å². The Balaban J connectivity index is 1.97. The second-order valence-corrected chi connectivity index (χ2v) is 7.99. The molecular formula is C25H23N. The third-order valence-corrected chi connectivity index (χ3v) is 5.94. The van der Waals surface area contributed by atoms with E-state index in [0.717, 1.165) is 12.1 Å². The van der Waals surface area contributed by atoms with Crippen LogP contribution in [-0.4, -0.2) is 4.98 Å². The molecular weight excluding hydrogens is 314 g/mol. The zero-order valence-corrected chi connectivity index (χ0v) is 15.6. The first-order valence-corrected chi connectivity index (χ1v) is 9.56. The predicted molar refractivity (Wildman–Crippen MR) is 111 cm³/mol. The van der Waals surface area contributed by atoms with Crippen molar-refractivity contribution in [2.75, 3.05) is 0 Å². The molecule has 0 aliphatic heterocycles. The van der Waals surface area contributed by atoms with Gasteiger partial charge in [0.15, 0.2) is 0 Å². The molecule has 0 N–H and O–H groups in total. The standard InChI is InChI=1S/C25H23N/c1-4-7-16-14-18-12-13-26-24-20-11-10-17-8-5-6-9-19(17)23(20)25(2,3)21(15-16)22(18)24/h5-6,8-15H,4,7H2,1-3H3. The van der Waals surface area contributed by atoms with Crippen molar-refractivity contribution in [1.29, 1.82) is 0 Å². The van der Waals surface area contributed by atoms with Gasteiger partial charge in [0.05, 0.1) is 5.69 Å². The zero-order chi connectivity index (χ0) is 17.9. The lowest BCUT2D eigenvalue weighted by atomic mass is 9.68. The number of fused-ring (bicyclic) bond motifs is 4. The molecule has 1 aromatic heterocycles. The number of rotatable bonds is 2. The minimum Gasteiger partial charge on any atom is -0.256 e. The van der Waals surface area contributed by atoms with Crippen LogP contribution >= 0.6 is 0 Å². The van der Waals surface area contributed by atoms with E-state index in [9.17, 15) is 0 Å². The van der Waals surface area contributed by atoms with Crippen molar-refractivity contribution in [2.45, 2.75) is 39.0 Å². The average Bonchev–Trinajstić information content (AvgIpc) is 2.65. The summed E-state index contributed by atoms with van der Waals surface area (Å²) in [5.41, 5.74) is 6.65. The van der Waals surface area contributed by atoms with Gasteiger partial charge in [-0.05, 0) is 45.3 Å². The van der Waals surface area contributed by atoms with Crippen LogP contribution in [0.1, 0.15) is 43.9 Å². The third-order valence-electron chi connectivity index (χ3n) is 5.94. The van der Waals surface area contributed by atoms with Gasteiger partial charge in [0.25, 0.3) is 0 Å². The van der Waals surface area contributed by atoms with Crippen LogP contribution in [0.4, 0.5) is 0 Å². The van der Waals surface area contributed by atoms with E-state index in [-0.39, 0.29) is 5.41 Å². The fourth-order valence-corrected chi connectivity index (χ4v) is 4.79. The van der Waals surface area contributed by atoms with E-state index < -0.39 is 0 Å². The Morgan fingerprint density at radius 3 is 2.62 bits per heavy atom. The summed E-state index contributed by atoms with van der Waals surface area (Å²) < 4.78 is 0. The summed E-state index contributed by atoms with van der Waals surface area (Å²) in [5.74, 6) is 0. The van der Waals surface area contributed by atoms with Crippen LogP contribution in [0.5, 0.6) is 0 Å². The number of benzene rings is 3. The second kappa shape index (κ2) is 5.41. The molecule has 1 heteroatoms. The van der Waals surface area contributed by atoms with Gasteiger partial charge in [-0.1, -0.05) is 75.7 Å². The summed E-state index contributed by atoms with van der Waals surface area (Å²) in [6.45, 7) is 7.00. The van der Waals surface area contributed by atoms with E-state index in [1.165, 1.54) is 50.2 Å². The molecule has 0 saturated carbocycles. The lowest BCUT2D eigenvalue weighted by Gasteiger charge is -2.36. The van der Waals surface area contributed by atoms with E-state index in [2.05, 4.69) is 75.4 Å². The Morgan fingerprint density at radius 2 is 1.77 bits per heavy atom. The molecule has 128 valence electrons. The monoisotopic (exact) mass is 337 g/mol. The molecule has 26 heavy (non-hydrogen) atoms. The van der Waals surface area contributed by atoms with Crippen LogP contribution < -0.4 is 0 Å². The van der Waals surface area contributed by atoms with Gasteiger partial charge in [0, 0.05) is 22.6 Å². The first kappa shape index (κ1) is 15.6. The Morgan fingerprint density at radius 1 is 0.923 bits per heavy atom. The molecule has 1 aliphatic rings. The summed E-state index contributed by atoms with van der Waals surface area (Å²) in [6.07, 6.45) is 4.26. The number of hydrogen-bond donors (Lipinski definition) is 0. The van der Waals surface area contributed by atoms with Gasteiger partial charge in [0.2, 0.25) is 0 Å². The largest absolute Gasteiger partial charge is 0.256 e. The lowest BCUT2D eigenvalue weighted by Crippen LogP contribution is -2.25. The molecule has 1 aliphatic carbocycles. The highest BCUT2D eigenvalue weighted by atomic mass is 14.7. The van der Waals surface area contributed by atoms with Crippen LogP contribution in [0, 0.1) is 0 Å². The molecule has 0 bridgehead atoms. The molecule has 0 radical (unpaired) electrons. The Hall–Kier alpha value is -2.67. The molecule has 0 spiro atoms. The number of aryl methyl sites for hydroxylation is 1. The summed E-state index contributed by atoms with van der Waals surface area (Å²) >= 11 is 0. The first-order valence-electron chi connectivity index (χ1n) is 9.56. The number of pyridine rings is 1. The topological polar surface area (TPSA) is 12.9 Å². The second-order valence-electron chi connectivity index (χ2n) is 7.99. The number of hydrogen-bond acceptors (Lipinski definition) is 1. The third kappa shape index (κ3) is 2.00. The quantitative estimate of drug-likeness (QED) is 0.399. The van der Waals surface area contributed by atoms with E-state index in [4.69, 9.17) is 4.98 Å². The van der Waals surface area contributed by atoms with Crippen LogP contribution in [0.3, 0.4) is 0 Å². The summed E-state index contributed by atoms with van der Waals surface area (Å²) in [4.78, 5) is 4.83. The Labute approximate surface area is 154 Å². The molecule has 1 heterocycles. The minimum absolute atomic E-state index is 0.0474. The highest BCUT2D eigenvalue weighted by Crippen LogP contribution is 2.50. The summed E-state index contributed by atoms with van der Waals surface area (Å²) in [7, 11) is 0. The lowest BCUT2D eigenvalue weighted by molar-refractivity contribution is 0.649. The van der Waals surface area contributed by atoms with E-state index in [1.807, 2.05) is 6.20 Å².